The van der Waals surface area contributed by atoms with Gasteiger partial charge in [0.2, 0.25) is 0 Å². The molecule has 0 saturated carbocycles. The summed E-state index contributed by atoms with van der Waals surface area (Å²) in [5.74, 6) is 0. The number of halogens is 1. The molecule has 0 atom stereocenters. The number of rotatable bonds is 6. The first-order valence-corrected chi connectivity index (χ1v) is 12.0. The Morgan fingerprint density at radius 2 is 1.24 bits per heavy atom. The smallest absolute Gasteiger partial charge is 0.175 e. The normalized spacial score (nSPS) is 11.0. The van der Waals surface area contributed by atoms with E-state index < -0.39 is 0 Å². The summed E-state index contributed by atoms with van der Waals surface area (Å²) in [6.45, 7) is 11.5. The Labute approximate surface area is 210 Å². The number of aromatic nitrogens is 4. The van der Waals surface area contributed by atoms with Crippen molar-refractivity contribution >= 4 is 40.3 Å². The van der Waals surface area contributed by atoms with Gasteiger partial charge in [-0.15, -0.1) is 0 Å². The SMILES string of the molecule is Cc1ccccc1Cn1nc(C)c(NC(=S)Nc2c(C)nn(Cc3ccccc3Cl)c2C)c1C. The third-order valence-electron chi connectivity index (χ3n) is 6.10. The Balaban J connectivity index is 1.49. The first-order chi connectivity index (χ1) is 16.2. The summed E-state index contributed by atoms with van der Waals surface area (Å²) < 4.78 is 3.96. The largest absolute Gasteiger partial charge is 0.329 e. The van der Waals surface area contributed by atoms with Crippen LogP contribution in [0.4, 0.5) is 11.4 Å². The third kappa shape index (κ3) is 5.00. The molecule has 176 valence electrons. The van der Waals surface area contributed by atoms with Gasteiger partial charge in [-0.2, -0.15) is 10.2 Å². The Morgan fingerprint density at radius 3 is 1.76 bits per heavy atom. The van der Waals surface area contributed by atoms with Crippen molar-refractivity contribution in [3.8, 4) is 0 Å². The van der Waals surface area contributed by atoms with Gasteiger partial charge in [0, 0.05) is 5.02 Å². The molecule has 0 spiro atoms. The van der Waals surface area contributed by atoms with Crippen molar-refractivity contribution in [3.63, 3.8) is 0 Å². The molecular weight excluding hydrogens is 464 g/mol. The van der Waals surface area contributed by atoms with Crippen LogP contribution in [0, 0.1) is 34.6 Å². The van der Waals surface area contributed by atoms with Crippen LogP contribution in [0.15, 0.2) is 48.5 Å². The Kier molecular flexibility index (Phi) is 7.05. The molecule has 0 fully saturated rings. The lowest BCUT2D eigenvalue weighted by atomic mass is 10.1. The lowest BCUT2D eigenvalue weighted by Crippen LogP contribution is -2.21. The summed E-state index contributed by atoms with van der Waals surface area (Å²) in [7, 11) is 0. The number of aryl methyl sites for hydroxylation is 3. The van der Waals surface area contributed by atoms with Crippen molar-refractivity contribution in [1.29, 1.82) is 0 Å². The van der Waals surface area contributed by atoms with Gasteiger partial charge in [-0.25, -0.2) is 0 Å². The molecule has 0 aliphatic heterocycles. The van der Waals surface area contributed by atoms with Crippen LogP contribution in [0.5, 0.6) is 0 Å². The molecule has 4 aromatic rings. The van der Waals surface area contributed by atoms with E-state index in [1.165, 1.54) is 11.1 Å². The van der Waals surface area contributed by atoms with Crippen molar-refractivity contribution in [3.05, 3.63) is 93.0 Å². The van der Waals surface area contributed by atoms with Gasteiger partial charge in [-0.05, 0) is 69.6 Å². The predicted octanol–water partition coefficient (Wildman–Crippen LogP) is 6.18. The van der Waals surface area contributed by atoms with E-state index in [2.05, 4.69) is 48.7 Å². The predicted molar refractivity (Wildman–Crippen MR) is 144 cm³/mol. The van der Waals surface area contributed by atoms with Crippen LogP contribution >= 0.6 is 23.8 Å². The lowest BCUT2D eigenvalue weighted by molar-refractivity contribution is 0.657. The van der Waals surface area contributed by atoms with Crippen molar-refractivity contribution in [2.24, 2.45) is 0 Å². The Morgan fingerprint density at radius 1 is 0.765 bits per heavy atom. The molecule has 0 amide bonds. The van der Waals surface area contributed by atoms with E-state index in [0.717, 1.165) is 44.7 Å². The maximum Gasteiger partial charge on any atom is 0.175 e. The van der Waals surface area contributed by atoms with Gasteiger partial charge in [0.1, 0.15) is 0 Å². The number of nitrogens with one attached hydrogen (secondary N) is 2. The van der Waals surface area contributed by atoms with Gasteiger partial charge in [0.25, 0.3) is 0 Å². The second-order valence-corrected chi connectivity index (χ2v) is 9.32. The fourth-order valence-electron chi connectivity index (χ4n) is 4.06. The van der Waals surface area contributed by atoms with E-state index in [1.54, 1.807) is 0 Å². The van der Waals surface area contributed by atoms with Crippen LogP contribution in [0.3, 0.4) is 0 Å². The summed E-state index contributed by atoms with van der Waals surface area (Å²) in [6.07, 6.45) is 0. The molecule has 34 heavy (non-hydrogen) atoms. The molecule has 2 N–H and O–H groups in total. The minimum Gasteiger partial charge on any atom is -0.329 e. The van der Waals surface area contributed by atoms with E-state index in [4.69, 9.17) is 34.0 Å². The monoisotopic (exact) mass is 492 g/mol. The zero-order chi connectivity index (χ0) is 24.4. The third-order valence-corrected chi connectivity index (χ3v) is 6.67. The zero-order valence-electron chi connectivity index (χ0n) is 20.1. The Bertz CT molecular complexity index is 1250. The summed E-state index contributed by atoms with van der Waals surface area (Å²) >= 11 is 12.0. The van der Waals surface area contributed by atoms with E-state index in [9.17, 15) is 0 Å². The molecule has 0 saturated heterocycles. The van der Waals surface area contributed by atoms with Crippen molar-refractivity contribution in [1.82, 2.24) is 19.6 Å². The van der Waals surface area contributed by atoms with Gasteiger partial charge in [-0.3, -0.25) is 9.36 Å². The molecule has 2 heterocycles. The highest BCUT2D eigenvalue weighted by atomic mass is 35.5. The summed E-state index contributed by atoms with van der Waals surface area (Å²) in [5, 5.41) is 17.4. The van der Waals surface area contributed by atoms with Crippen molar-refractivity contribution in [2.45, 2.75) is 47.7 Å². The molecule has 0 aliphatic rings. The molecule has 0 radical (unpaired) electrons. The molecule has 2 aromatic carbocycles. The molecule has 0 unspecified atom stereocenters. The van der Waals surface area contributed by atoms with E-state index in [0.29, 0.717) is 18.2 Å². The number of benzene rings is 2. The zero-order valence-corrected chi connectivity index (χ0v) is 21.7. The highest BCUT2D eigenvalue weighted by Crippen LogP contribution is 2.25. The highest BCUT2D eigenvalue weighted by molar-refractivity contribution is 7.80. The fourth-order valence-corrected chi connectivity index (χ4v) is 4.46. The number of nitrogens with zero attached hydrogens (tertiary/aromatic N) is 4. The van der Waals surface area contributed by atoms with Crippen molar-refractivity contribution < 1.29 is 0 Å². The molecule has 8 heteroatoms. The maximum absolute atomic E-state index is 6.34. The van der Waals surface area contributed by atoms with E-state index in [1.807, 2.05) is 54.4 Å². The number of hydrogen-bond donors (Lipinski definition) is 2. The average molecular weight is 493 g/mol. The van der Waals surface area contributed by atoms with Crippen LogP contribution in [0.2, 0.25) is 5.02 Å². The standard InChI is InChI=1S/C26H29ClN6S/c1-16-10-6-7-11-21(16)14-32-19(4)24(17(2)30-32)28-26(34)29-25-18(3)31-33(20(25)5)15-22-12-8-9-13-23(22)27/h6-13H,14-15H2,1-5H3,(H2,28,29,34). The molecular formula is C26H29ClN6S. The topological polar surface area (TPSA) is 59.7 Å². The quantitative estimate of drug-likeness (QED) is 0.315. The second kappa shape index (κ2) is 9.99. The van der Waals surface area contributed by atoms with Gasteiger partial charge < -0.3 is 10.6 Å². The lowest BCUT2D eigenvalue weighted by Gasteiger charge is -2.12. The molecule has 2 aromatic heterocycles. The van der Waals surface area contributed by atoms with Gasteiger partial charge in [0.15, 0.2) is 5.11 Å². The molecule has 0 bridgehead atoms. The van der Waals surface area contributed by atoms with Crippen LogP contribution in [-0.4, -0.2) is 24.7 Å². The first kappa shape index (κ1) is 24.0. The van der Waals surface area contributed by atoms with Gasteiger partial charge in [-0.1, -0.05) is 54.1 Å². The highest BCUT2D eigenvalue weighted by Gasteiger charge is 2.17. The number of hydrogen-bond acceptors (Lipinski definition) is 3. The number of anilines is 2. The van der Waals surface area contributed by atoms with Gasteiger partial charge >= 0.3 is 0 Å². The van der Waals surface area contributed by atoms with E-state index >= 15 is 0 Å². The molecule has 6 nitrogen and oxygen atoms in total. The second-order valence-electron chi connectivity index (χ2n) is 8.50. The fraction of sp³-hybridized carbons (Fsp3) is 0.269. The van der Waals surface area contributed by atoms with Crippen LogP contribution in [-0.2, 0) is 13.1 Å². The summed E-state index contributed by atoms with van der Waals surface area (Å²) in [6, 6.07) is 16.2. The maximum atomic E-state index is 6.34. The van der Waals surface area contributed by atoms with E-state index in [-0.39, 0.29) is 0 Å². The summed E-state index contributed by atoms with van der Waals surface area (Å²) in [5.41, 5.74) is 9.14. The summed E-state index contributed by atoms with van der Waals surface area (Å²) in [4.78, 5) is 0. The van der Waals surface area contributed by atoms with Gasteiger partial charge in [0.05, 0.1) is 47.2 Å². The minimum absolute atomic E-state index is 0.505. The first-order valence-electron chi connectivity index (χ1n) is 11.2. The minimum atomic E-state index is 0.505. The van der Waals surface area contributed by atoms with Crippen LogP contribution < -0.4 is 10.6 Å². The van der Waals surface area contributed by atoms with Crippen molar-refractivity contribution in [2.75, 3.05) is 10.6 Å². The Hall–Kier alpha value is -3.16. The number of thiocarbonyl (C=S) groups is 1. The van der Waals surface area contributed by atoms with Crippen LogP contribution in [0.25, 0.3) is 0 Å². The average Bonchev–Trinajstić information content (AvgIpc) is 3.21. The van der Waals surface area contributed by atoms with Crippen LogP contribution in [0.1, 0.15) is 39.5 Å². The molecule has 0 aliphatic carbocycles. The molecule has 4 rings (SSSR count).